The number of hydrogen-bond donors (Lipinski definition) is 2. The Bertz CT molecular complexity index is 1360. The number of carbonyl (C=O) groups is 2. The molecular weight excluding hydrogens is 619 g/mol. The van der Waals surface area contributed by atoms with E-state index in [1.807, 2.05) is 0 Å². The maximum atomic E-state index is 13.4. The number of ketones is 1. The van der Waals surface area contributed by atoms with Gasteiger partial charge in [-0.15, -0.1) is 0 Å². The monoisotopic (exact) mass is 646 g/mol. The molecule has 3 aliphatic rings. The van der Waals surface area contributed by atoms with Crippen molar-refractivity contribution >= 4 is 49.2 Å². The molecular formula is C25H29BrClFN4O6S. The third kappa shape index (κ3) is 7.44. The number of rotatable bonds is 4. The summed E-state index contributed by atoms with van der Waals surface area (Å²) >= 11 is 9.07. The van der Waals surface area contributed by atoms with Gasteiger partial charge in [0.05, 0.1) is 22.9 Å². The molecule has 0 bridgehead atoms. The van der Waals surface area contributed by atoms with E-state index in [9.17, 15) is 22.4 Å². The van der Waals surface area contributed by atoms with Crippen LogP contribution in [0.5, 0.6) is 11.6 Å². The summed E-state index contributed by atoms with van der Waals surface area (Å²) in [5, 5.41) is 2.84. The molecule has 0 radical (unpaired) electrons. The zero-order valence-corrected chi connectivity index (χ0v) is 24.5. The third-order valence-corrected chi connectivity index (χ3v) is 8.82. The summed E-state index contributed by atoms with van der Waals surface area (Å²) in [7, 11) is -3.15. The van der Waals surface area contributed by atoms with Crippen LogP contribution in [0.4, 0.5) is 4.39 Å². The molecule has 1 saturated heterocycles. The van der Waals surface area contributed by atoms with E-state index in [-0.39, 0.29) is 50.8 Å². The Labute approximate surface area is 239 Å². The third-order valence-electron chi connectivity index (χ3n) is 6.71. The number of fused-ring (bicyclic) bond motifs is 2. The number of aromatic nitrogens is 2. The van der Waals surface area contributed by atoms with Gasteiger partial charge in [0.1, 0.15) is 23.8 Å². The molecule has 10 nitrogen and oxygen atoms in total. The first-order valence-corrected chi connectivity index (χ1v) is 15.4. The van der Waals surface area contributed by atoms with Crippen molar-refractivity contribution in [3.8, 4) is 11.6 Å². The smallest absolute Gasteiger partial charge is 0.274 e. The lowest BCUT2D eigenvalue weighted by Crippen LogP contribution is -2.44. The lowest BCUT2D eigenvalue weighted by molar-refractivity contribution is -0.118. The van der Waals surface area contributed by atoms with Crippen molar-refractivity contribution < 1.29 is 31.9 Å². The van der Waals surface area contributed by atoms with Gasteiger partial charge in [-0.1, -0.05) is 17.7 Å². The van der Waals surface area contributed by atoms with Crippen LogP contribution in [-0.4, -0.2) is 54.1 Å². The Kier molecular flexibility index (Phi) is 9.45. The van der Waals surface area contributed by atoms with Crippen molar-refractivity contribution in [2.24, 2.45) is 0 Å². The van der Waals surface area contributed by atoms with Crippen molar-refractivity contribution in [2.75, 3.05) is 5.75 Å². The second-order valence-corrected chi connectivity index (χ2v) is 12.7. The summed E-state index contributed by atoms with van der Waals surface area (Å²) in [5.74, 6) is -0.374. The number of benzene rings is 1. The van der Waals surface area contributed by atoms with Crippen LogP contribution >= 0.6 is 27.5 Å². The largest absolute Gasteiger partial charge is 0.479 e. The van der Waals surface area contributed by atoms with Crippen molar-refractivity contribution in [3.63, 3.8) is 0 Å². The van der Waals surface area contributed by atoms with E-state index in [2.05, 4.69) is 35.9 Å². The summed E-state index contributed by atoms with van der Waals surface area (Å²) < 4.78 is 49.8. The van der Waals surface area contributed by atoms with Crippen LogP contribution in [0.15, 0.2) is 22.9 Å². The highest BCUT2D eigenvalue weighted by atomic mass is 79.9. The fraction of sp³-hybridized carbons (Fsp3) is 0.520. The predicted octanol–water partition coefficient (Wildman–Crippen LogP) is 4.26. The maximum absolute atomic E-state index is 13.4. The molecule has 39 heavy (non-hydrogen) atoms. The number of halogens is 3. The van der Waals surface area contributed by atoms with E-state index in [1.54, 1.807) is 13.0 Å². The van der Waals surface area contributed by atoms with E-state index in [4.69, 9.17) is 21.1 Å². The van der Waals surface area contributed by atoms with Crippen LogP contribution in [0.25, 0.3) is 0 Å². The topological polar surface area (TPSA) is 137 Å². The van der Waals surface area contributed by atoms with E-state index in [0.29, 0.717) is 18.4 Å². The summed E-state index contributed by atoms with van der Waals surface area (Å²) in [6.45, 7) is 3.18. The molecule has 1 aliphatic carbocycles. The average molecular weight is 648 g/mol. The minimum Gasteiger partial charge on any atom is -0.479 e. The highest BCUT2D eigenvalue weighted by Crippen LogP contribution is 2.39. The zero-order valence-electron chi connectivity index (χ0n) is 21.4. The van der Waals surface area contributed by atoms with Gasteiger partial charge in [0.15, 0.2) is 5.69 Å². The van der Waals surface area contributed by atoms with Gasteiger partial charge in [-0.2, -0.15) is 4.98 Å². The molecule has 1 aromatic heterocycles. The van der Waals surface area contributed by atoms with E-state index in [1.165, 1.54) is 19.1 Å². The number of hydrogen-bond acceptors (Lipinski definition) is 8. The molecule has 4 unspecified atom stereocenters. The molecule has 2 fully saturated rings. The molecule has 2 N–H and O–H groups in total. The van der Waals surface area contributed by atoms with Crippen LogP contribution in [-0.2, 0) is 14.8 Å². The van der Waals surface area contributed by atoms with E-state index in [0.717, 1.165) is 25.7 Å². The number of amides is 1. The maximum Gasteiger partial charge on any atom is 0.274 e. The first-order valence-electron chi connectivity index (χ1n) is 12.6. The number of nitrogens with one attached hydrogen (secondary N) is 2. The van der Waals surface area contributed by atoms with Crippen molar-refractivity contribution in [3.05, 3.63) is 45.0 Å². The van der Waals surface area contributed by atoms with Gasteiger partial charge in [-0.3, -0.25) is 9.59 Å². The van der Waals surface area contributed by atoms with Crippen LogP contribution in [0.1, 0.15) is 74.5 Å². The van der Waals surface area contributed by atoms with Gasteiger partial charge < -0.3 is 14.8 Å². The van der Waals surface area contributed by atoms with E-state index >= 15 is 0 Å². The van der Waals surface area contributed by atoms with E-state index < -0.39 is 33.8 Å². The highest BCUT2D eigenvalue weighted by molar-refractivity contribution is 9.10. The Morgan fingerprint density at radius 1 is 1.15 bits per heavy atom. The first kappa shape index (κ1) is 29.6. The Hall–Kier alpha value is -2.35. The molecule has 1 saturated carbocycles. The Morgan fingerprint density at radius 2 is 1.85 bits per heavy atom. The number of nitrogens with zero attached hydrogens (tertiary/aromatic N) is 2. The molecule has 5 rings (SSSR count). The summed E-state index contributed by atoms with van der Waals surface area (Å²) in [5.41, 5.74) is 0.771. The quantitative estimate of drug-likeness (QED) is 0.470. The van der Waals surface area contributed by atoms with Gasteiger partial charge in [0.25, 0.3) is 11.8 Å². The van der Waals surface area contributed by atoms with Crippen LogP contribution in [0.2, 0.25) is 5.02 Å². The molecule has 2 aromatic rings. The lowest BCUT2D eigenvalue weighted by Gasteiger charge is -2.36. The second-order valence-electron chi connectivity index (χ2n) is 9.68. The number of ether oxygens (including phenoxy) is 2. The normalized spacial score (nSPS) is 23.9. The average Bonchev–Trinajstić information content (AvgIpc) is 2.88. The van der Waals surface area contributed by atoms with Crippen LogP contribution in [0, 0.1) is 5.82 Å². The molecule has 1 amide bonds. The van der Waals surface area contributed by atoms with Crippen molar-refractivity contribution in [1.82, 2.24) is 20.0 Å². The fourth-order valence-electron chi connectivity index (χ4n) is 4.60. The van der Waals surface area contributed by atoms with Crippen molar-refractivity contribution in [1.29, 1.82) is 0 Å². The van der Waals surface area contributed by atoms with Gasteiger partial charge in [-0.25, -0.2) is 22.5 Å². The second kappa shape index (κ2) is 12.4. The van der Waals surface area contributed by atoms with Gasteiger partial charge in [0, 0.05) is 0 Å². The summed E-state index contributed by atoms with van der Waals surface area (Å²) in [6, 6.07) is 3.43. The van der Waals surface area contributed by atoms with Gasteiger partial charge >= 0.3 is 0 Å². The first-order chi connectivity index (χ1) is 18.4. The van der Waals surface area contributed by atoms with Crippen LogP contribution in [0.3, 0.4) is 0 Å². The number of carbonyl (C=O) groups excluding carboxylic acids is 2. The lowest BCUT2D eigenvalue weighted by atomic mass is 9.94. The number of sulfonamides is 1. The zero-order chi connectivity index (χ0) is 28.3. The molecule has 0 spiro atoms. The molecule has 14 heteroatoms. The Balaban J connectivity index is 0.000000270. The standard InChI is InChI=1S/C19H18BrClFN3O3.C6H11NO3S/c1-9(10-6-7-12(22)11(21)8-10)23-17(26)15-16-18(25-19(20)24-15)28-14-5-3-2-4-13(14)27-16;1-5(8)6-3-2-4-11(9,10)7-6/h6-9,13-14H,2-5H2,1H3,(H,23,26);6-7H,2-4H2,1H3. The van der Waals surface area contributed by atoms with Crippen molar-refractivity contribution in [2.45, 2.75) is 76.7 Å². The fourth-order valence-corrected chi connectivity index (χ4v) is 6.51. The summed E-state index contributed by atoms with van der Waals surface area (Å²) in [4.78, 5) is 32.1. The summed E-state index contributed by atoms with van der Waals surface area (Å²) in [6.07, 6.45) is 4.96. The van der Waals surface area contributed by atoms with Gasteiger partial charge in [0.2, 0.25) is 20.5 Å². The number of Topliss-reactive ketones (excluding diaryl/α,β-unsaturated/α-hetero) is 1. The molecule has 4 atom stereocenters. The molecule has 2 aliphatic heterocycles. The minimum atomic E-state index is -3.15. The van der Waals surface area contributed by atoms with Crippen LogP contribution < -0.4 is 19.5 Å². The minimum absolute atomic E-state index is 0.000771. The molecule has 212 valence electrons. The Morgan fingerprint density at radius 3 is 2.46 bits per heavy atom. The highest BCUT2D eigenvalue weighted by Gasteiger charge is 2.38. The molecule has 3 heterocycles. The predicted molar refractivity (Wildman–Crippen MR) is 145 cm³/mol. The van der Waals surface area contributed by atoms with Gasteiger partial charge in [-0.05, 0) is 86.0 Å². The molecule has 1 aromatic carbocycles. The SMILES string of the molecule is CC(=O)C1CCCS(=O)(=O)N1.CC(NC(=O)c1nc(Br)nc2c1OC1CCCCC1O2)c1ccc(F)c(Cl)c1.